The van der Waals surface area contributed by atoms with Crippen LogP contribution in [0.2, 0.25) is 0 Å². The van der Waals surface area contributed by atoms with Crippen LogP contribution in [0.5, 0.6) is 0 Å². The minimum absolute atomic E-state index is 0.0319. The number of para-hydroxylation sites is 2. The standard InChI is InChI=1S/C26H31N3O/c27-21-22-15-9-5-3-1-2-4-6-14-20-25(30)29(24-18-12-8-13-19-24)26(22)28-23-16-10-7-11-17-23/h7-8,10-13,16-19,28H,1-6,9,14-15,20H2/b26-22-. The smallest absolute Gasteiger partial charge is 0.232 e. The first-order valence-electron chi connectivity index (χ1n) is 11.1. The van der Waals surface area contributed by atoms with Gasteiger partial charge in [-0.15, -0.1) is 0 Å². The molecule has 30 heavy (non-hydrogen) atoms. The van der Waals surface area contributed by atoms with Crippen molar-refractivity contribution in [3.8, 4) is 6.07 Å². The van der Waals surface area contributed by atoms with Crippen molar-refractivity contribution in [2.75, 3.05) is 10.2 Å². The number of rotatable bonds is 3. The molecule has 2 aromatic rings. The van der Waals surface area contributed by atoms with Crippen LogP contribution in [-0.4, -0.2) is 5.91 Å². The van der Waals surface area contributed by atoms with Gasteiger partial charge >= 0.3 is 0 Å². The van der Waals surface area contributed by atoms with Crippen molar-refractivity contribution in [1.82, 2.24) is 0 Å². The number of nitrogens with one attached hydrogen (secondary N) is 1. The van der Waals surface area contributed by atoms with Gasteiger partial charge in [0.15, 0.2) is 0 Å². The zero-order valence-corrected chi connectivity index (χ0v) is 17.6. The molecule has 0 aromatic heterocycles. The van der Waals surface area contributed by atoms with Gasteiger partial charge in [-0.2, -0.15) is 5.26 Å². The van der Waals surface area contributed by atoms with Gasteiger partial charge < -0.3 is 5.32 Å². The van der Waals surface area contributed by atoms with Crippen LogP contribution in [0.1, 0.15) is 64.2 Å². The number of hydrogen-bond acceptors (Lipinski definition) is 3. The van der Waals surface area contributed by atoms with Crippen LogP contribution in [0.3, 0.4) is 0 Å². The van der Waals surface area contributed by atoms with Gasteiger partial charge in [0, 0.05) is 12.1 Å². The van der Waals surface area contributed by atoms with Gasteiger partial charge in [0.05, 0.1) is 17.3 Å². The Morgan fingerprint density at radius 2 is 1.27 bits per heavy atom. The highest BCUT2D eigenvalue weighted by molar-refractivity contribution is 5.97. The van der Waals surface area contributed by atoms with Gasteiger partial charge in [-0.1, -0.05) is 74.9 Å². The molecular weight excluding hydrogens is 370 g/mol. The number of amides is 1. The summed E-state index contributed by atoms with van der Waals surface area (Å²) >= 11 is 0. The van der Waals surface area contributed by atoms with Gasteiger partial charge in [-0.25, -0.2) is 0 Å². The second kappa shape index (κ2) is 11.8. The third-order valence-electron chi connectivity index (χ3n) is 5.51. The van der Waals surface area contributed by atoms with Crippen LogP contribution in [0.4, 0.5) is 11.4 Å². The SMILES string of the molecule is N#C/C1=C(/Nc2ccccc2)N(c2ccccc2)C(=O)CCCCCCCCCC1. The first kappa shape index (κ1) is 21.6. The van der Waals surface area contributed by atoms with Crippen LogP contribution in [0.25, 0.3) is 0 Å². The summed E-state index contributed by atoms with van der Waals surface area (Å²) in [6.45, 7) is 0. The van der Waals surface area contributed by atoms with Crippen molar-refractivity contribution < 1.29 is 4.79 Å². The Bertz CT molecular complexity index is 868. The zero-order valence-electron chi connectivity index (χ0n) is 17.6. The number of nitriles is 1. The van der Waals surface area contributed by atoms with E-state index in [1.165, 1.54) is 25.7 Å². The van der Waals surface area contributed by atoms with E-state index in [1.54, 1.807) is 4.90 Å². The number of carbonyl (C=O) groups is 1. The molecule has 3 rings (SSSR count). The second-order valence-corrected chi connectivity index (χ2v) is 7.82. The number of anilines is 2. The topological polar surface area (TPSA) is 56.1 Å². The van der Waals surface area contributed by atoms with Gasteiger partial charge in [-0.05, 0) is 43.5 Å². The van der Waals surface area contributed by atoms with Gasteiger partial charge in [0.2, 0.25) is 5.91 Å². The molecule has 156 valence electrons. The fraction of sp³-hybridized carbons (Fsp3) is 0.385. The van der Waals surface area contributed by atoms with Gasteiger partial charge in [-0.3, -0.25) is 9.69 Å². The summed E-state index contributed by atoms with van der Waals surface area (Å²) in [6, 6.07) is 21.8. The maximum absolute atomic E-state index is 13.4. The Hall–Kier alpha value is -3.06. The molecule has 0 saturated heterocycles. The Kier molecular flexibility index (Phi) is 8.53. The first-order chi connectivity index (χ1) is 14.8. The minimum atomic E-state index is 0.0319. The van der Waals surface area contributed by atoms with Crippen LogP contribution in [-0.2, 0) is 4.79 Å². The largest absolute Gasteiger partial charge is 0.340 e. The number of carbonyl (C=O) groups excluding carboxylic acids is 1. The van der Waals surface area contributed by atoms with Crippen molar-refractivity contribution in [2.45, 2.75) is 64.2 Å². The van der Waals surface area contributed by atoms with Crippen molar-refractivity contribution in [1.29, 1.82) is 5.26 Å². The molecule has 0 fully saturated rings. The lowest BCUT2D eigenvalue weighted by Crippen LogP contribution is -2.34. The number of nitrogens with zero attached hydrogens (tertiary/aromatic N) is 2. The van der Waals surface area contributed by atoms with Crippen molar-refractivity contribution in [3.05, 3.63) is 72.1 Å². The van der Waals surface area contributed by atoms with Crippen LogP contribution in [0, 0.1) is 11.3 Å². The summed E-state index contributed by atoms with van der Waals surface area (Å²) in [7, 11) is 0. The lowest BCUT2D eigenvalue weighted by atomic mass is 10.0. The molecule has 1 aliphatic rings. The van der Waals surface area contributed by atoms with E-state index in [1.807, 2.05) is 60.7 Å². The van der Waals surface area contributed by atoms with E-state index in [9.17, 15) is 10.1 Å². The molecule has 1 amide bonds. The van der Waals surface area contributed by atoms with Crippen molar-refractivity contribution >= 4 is 17.3 Å². The molecule has 4 nitrogen and oxygen atoms in total. The Balaban J connectivity index is 2.03. The number of benzene rings is 2. The maximum atomic E-state index is 13.4. The summed E-state index contributed by atoms with van der Waals surface area (Å²) in [5, 5.41) is 13.4. The maximum Gasteiger partial charge on any atom is 0.232 e. The Morgan fingerprint density at radius 3 is 1.87 bits per heavy atom. The summed E-state index contributed by atoms with van der Waals surface area (Å²) in [4.78, 5) is 15.1. The molecule has 0 radical (unpaired) electrons. The van der Waals surface area contributed by atoms with Crippen LogP contribution >= 0.6 is 0 Å². The monoisotopic (exact) mass is 401 g/mol. The molecule has 1 heterocycles. The fourth-order valence-corrected chi connectivity index (χ4v) is 3.88. The molecule has 0 spiro atoms. The number of hydrogen-bond donors (Lipinski definition) is 1. The summed E-state index contributed by atoms with van der Waals surface area (Å²) in [6.07, 6.45) is 10.0. The molecule has 1 N–H and O–H groups in total. The van der Waals surface area contributed by atoms with E-state index < -0.39 is 0 Å². The predicted molar refractivity (Wildman–Crippen MR) is 123 cm³/mol. The normalized spacial score (nSPS) is 19.6. The second-order valence-electron chi connectivity index (χ2n) is 7.82. The Morgan fingerprint density at radius 1 is 0.733 bits per heavy atom. The molecule has 0 unspecified atom stereocenters. The minimum Gasteiger partial charge on any atom is -0.340 e. The predicted octanol–water partition coefficient (Wildman–Crippen LogP) is 6.78. The molecular formula is C26H31N3O. The third kappa shape index (κ3) is 6.22. The molecule has 0 atom stereocenters. The van der Waals surface area contributed by atoms with E-state index >= 15 is 0 Å². The van der Waals surface area contributed by atoms with Crippen LogP contribution in [0.15, 0.2) is 72.1 Å². The van der Waals surface area contributed by atoms with Gasteiger partial charge in [0.25, 0.3) is 0 Å². The van der Waals surface area contributed by atoms with Crippen LogP contribution < -0.4 is 10.2 Å². The molecule has 2 aromatic carbocycles. The molecule has 1 aliphatic heterocycles. The Labute approximate surface area is 180 Å². The molecule has 0 saturated carbocycles. The zero-order chi connectivity index (χ0) is 21.0. The highest BCUT2D eigenvalue weighted by atomic mass is 16.2. The van der Waals surface area contributed by atoms with E-state index in [4.69, 9.17) is 0 Å². The van der Waals surface area contributed by atoms with Crippen molar-refractivity contribution in [3.63, 3.8) is 0 Å². The highest BCUT2D eigenvalue weighted by Gasteiger charge is 2.23. The molecule has 4 heteroatoms. The molecule has 0 aliphatic carbocycles. The van der Waals surface area contributed by atoms with E-state index in [0.717, 1.165) is 37.1 Å². The van der Waals surface area contributed by atoms with E-state index in [2.05, 4.69) is 11.4 Å². The number of allylic oxidation sites excluding steroid dienone is 1. The summed E-state index contributed by atoms with van der Waals surface area (Å²) in [5.41, 5.74) is 2.30. The molecule has 0 bridgehead atoms. The average Bonchev–Trinajstić information content (AvgIpc) is 2.78. The quantitative estimate of drug-likeness (QED) is 0.616. The fourth-order valence-electron chi connectivity index (χ4n) is 3.88. The highest BCUT2D eigenvalue weighted by Crippen LogP contribution is 2.27. The lowest BCUT2D eigenvalue weighted by molar-refractivity contribution is -0.118. The van der Waals surface area contributed by atoms with E-state index in [0.29, 0.717) is 24.2 Å². The first-order valence-corrected chi connectivity index (χ1v) is 11.1. The lowest BCUT2D eigenvalue weighted by Gasteiger charge is -2.28. The summed E-state index contributed by atoms with van der Waals surface area (Å²) < 4.78 is 0. The van der Waals surface area contributed by atoms with Gasteiger partial charge in [0.1, 0.15) is 5.82 Å². The average molecular weight is 402 g/mol. The summed E-state index contributed by atoms with van der Waals surface area (Å²) in [5.74, 6) is 0.626. The van der Waals surface area contributed by atoms with E-state index in [-0.39, 0.29) is 5.91 Å². The third-order valence-corrected chi connectivity index (χ3v) is 5.51. The van der Waals surface area contributed by atoms with Crippen molar-refractivity contribution in [2.24, 2.45) is 0 Å².